The Hall–Kier alpha value is -4.63. The van der Waals surface area contributed by atoms with Gasteiger partial charge in [0, 0.05) is 11.1 Å². The maximum absolute atomic E-state index is 5.21. The van der Waals surface area contributed by atoms with Crippen molar-refractivity contribution >= 4 is 22.8 Å². The van der Waals surface area contributed by atoms with Crippen molar-refractivity contribution in [2.75, 3.05) is 0 Å². The Labute approximate surface area is 225 Å². The van der Waals surface area contributed by atoms with Gasteiger partial charge in [-0.25, -0.2) is 4.98 Å². The second-order valence-corrected chi connectivity index (χ2v) is 9.48. The maximum Gasteiger partial charge on any atom is 0.0849 e. The van der Waals surface area contributed by atoms with E-state index in [1.807, 2.05) is 44.2 Å². The molecule has 186 valence electrons. The summed E-state index contributed by atoms with van der Waals surface area (Å²) >= 11 is 0. The van der Waals surface area contributed by atoms with E-state index < -0.39 is 0 Å². The molecule has 0 fully saturated rings. The number of para-hydroxylation sites is 2. The molecular formula is C35H31N3. The molecule has 0 spiro atoms. The van der Waals surface area contributed by atoms with Gasteiger partial charge in [0.25, 0.3) is 0 Å². The third kappa shape index (κ3) is 5.37. The first-order chi connectivity index (χ1) is 18.5. The molecule has 0 amide bonds. The Kier molecular flexibility index (Phi) is 7.37. The Morgan fingerprint density at radius 1 is 0.474 bits per heavy atom. The zero-order chi connectivity index (χ0) is 26.5. The highest BCUT2D eigenvalue weighted by molar-refractivity contribution is 6.04. The Morgan fingerprint density at radius 3 is 1.39 bits per heavy atom. The van der Waals surface area contributed by atoms with Gasteiger partial charge in [-0.2, -0.15) is 0 Å². The Balaban J connectivity index is 1.60. The van der Waals surface area contributed by atoms with Crippen molar-refractivity contribution in [2.24, 2.45) is 9.98 Å². The van der Waals surface area contributed by atoms with Crippen LogP contribution in [0.2, 0.25) is 0 Å². The van der Waals surface area contributed by atoms with E-state index in [4.69, 9.17) is 15.0 Å². The van der Waals surface area contributed by atoms with Gasteiger partial charge in [-0.15, -0.1) is 0 Å². The molecule has 0 bridgehead atoms. The summed E-state index contributed by atoms with van der Waals surface area (Å²) in [6.07, 6.45) is 0. The van der Waals surface area contributed by atoms with Crippen molar-refractivity contribution in [3.8, 4) is 22.3 Å². The summed E-state index contributed by atoms with van der Waals surface area (Å²) in [5, 5.41) is 0. The number of nitrogens with zero attached hydrogens (tertiary/aromatic N) is 3. The minimum Gasteiger partial charge on any atom is -0.251 e. The molecule has 3 nitrogen and oxygen atoms in total. The zero-order valence-corrected chi connectivity index (χ0v) is 22.3. The predicted octanol–water partition coefficient (Wildman–Crippen LogP) is 9.31. The monoisotopic (exact) mass is 493 g/mol. The van der Waals surface area contributed by atoms with E-state index in [1.54, 1.807) is 0 Å². The molecule has 0 aliphatic heterocycles. The first kappa shape index (κ1) is 25.0. The van der Waals surface area contributed by atoms with Crippen molar-refractivity contribution in [1.29, 1.82) is 0 Å². The molecule has 4 aromatic carbocycles. The lowest BCUT2D eigenvalue weighted by Gasteiger charge is -2.14. The van der Waals surface area contributed by atoms with Crippen LogP contribution in [0.15, 0.2) is 125 Å². The minimum atomic E-state index is 0.834. The molecule has 0 atom stereocenters. The molecule has 0 aliphatic carbocycles. The van der Waals surface area contributed by atoms with Crippen LogP contribution in [0, 0.1) is 13.8 Å². The topological polar surface area (TPSA) is 37.6 Å². The van der Waals surface area contributed by atoms with Crippen molar-refractivity contribution in [2.45, 2.75) is 27.7 Å². The van der Waals surface area contributed by atoms with E-state index in [1.165, 1.54) is 0 Å². The third-order valence-corrected chi connectivity index (χ3v) is 6.69. The van der Waals surface area contributed by atoms with Crippen LogP contribution in [0.25, 0.3) is 22.3 Å². The van der Waals surface area contributed by atoms with Gasteiger partial charge in [-0.3, -0.25) is 9.98 Å². The molecule has 0 saturated carbocycles. The summed E-state index contributed by atoms with van der Waals surface area (Å²) < 4.78 is 0. The smallest absolute Gasteiger partial charge is 0.0849 e. The van der Waals surface area contributed by atoms with Gasteiger partial charge in [0.15, 0.2) is 0 Å². The van der Waals surface area contributed by atoms with Gasteiger partial charge in [-0.05, 0) is 62.1 Å². The number of benzene rings is 4. The van der Waals surface area contributed by atoms with Gasteiger partial charge in [0.05, 0.1) is 34.2 Å². The van der Waals surface area contributed by atoms with Crippen LogP contribution in [0.4, 0.5) is 11.4 Å². The highest BCUT2D eigenvalue weighted by Gasteiger charge is 2.13. The number of rotatable bonds is 6. The molecule has 0 radical (unpaired) electrons. The lowest BCUT2D eigenvalue weighted by atomic mass is 9.96. The van der Waals surface area contributed by atoms with Gasteiger partial charge in [0.1, 0.15) is 0 Å². The Bertz CT molecular complexity index is 1550. The minimum absolute atomic E-state index is 0.834. The summed E-state index contributed by atoms with van der Waals surface area (Å²) in [5.41, 5.74) is 12.1. The number of hydrogen-bond donors (Lipinski definition) is 0. The van der Waals surface area contributed by atoms with Gasteiger partial charge in [0.2, 0.25) is 0 Å². The predicted molar refractivity (Wildman–Crippen MR) is 161 cm³/mol. The zero-order valence-electron chi connectivity index (χ0n) is 22.3. The van der Waals surface area contributed by atoms with E-state index in [-0.39, 0.29) is 0 Å². The number of aryl methyl sites for hydroxylation is 2. The van der Waals surface area contributed by atoms with E-state index in [9.17, 15) is 0 Å². The summed E-state index contributed by atoms with van der Waals surface area (Å²) in [6, 6.07) is 39.5. The Morgan fingerprint density at radius 2 is 0.895 bits per heavy atom. The van der Waals surface area contributed by atoms with Gasteiger partial charge >= 0.3 is 0 Å². The first-order valence-electron chi connectivity index (χ1n) is 12.9. The van der Waals surface area contributed by atoms with E-state index in [2.05, 4.69) is 98.8 Å². The fourth-order valence-electron chi connectivity index (χ4n) is 4.63. The molecule has 0 aliphatic rings. The van der Waals surface area contributed by atoms with Crippen molar-refractivity contribution in [3.05, 3.63) is 138 Å². The van der Waals surface area contributed by atoms with Crippen molar-refractivity contribution in [1.82, 2.24) is 4.98 Å². The molecule has 1 aromatic heterocycles. The largest absolute Gasteiger partial charge is 0.251 e. The van der Waals surface area contributed by atoms with Crippen LogP contribution < -0.4 is 0 Å². The van der Waals surface area contributed by atoms with E-state index >= 15 is 0 Å². The average Bonchev–Trinajstić information content (AvgIpc) is 2.96. The molecule has 0 N–H and O–H groups in total. The molecule has 5 rings (SSSR count). The lowest BCUT2D eigenvalue weighted by Crippen LogP contribution is -2.05. The van der Waals surface area contributed by atoms with E-state index in [0.717, 1.165) is 67.6 Å². The fourth-order valence-corrected chi connectivity index (χ4v) is 4.63. The van der Waals surface area contributed by atoms with Crippen LogP contribution in [0.1, 0.15) is 36.4 Å². The van der Waals surface area contributed by atoms with Crippen LogP contribution in [-0.4, -0.2) is 16.4 Å². The van der Waals surface area contributed by atoms with Crippen LogP contribution >= 0.6 is 0 Å². The van der Waals surface area contributed by atoms with E-state index in [0.29, 0.717) is 0 Å². The molecule has 0 unspecified atom stereocenters. The SMILES string of the molecule is C/C(=N\c1c(C)cccc1C)c1cccc(/C(C)=N/c2c(-c3ccccc3)cccc2-c2ccccc2)n1. The third-order valence-electron chi connectivity index (χ3n) is 6.69. The molecule has 5 aromatic rings. The molecule has 0 saturated heterocycles. The van der Waals surface area contributed by atoms with Crippen LogP contribution in [0.3, 0.4) is 0 Å². The standard InChI is InChI=1S/C35H31N3/c1-24-14-11-15-25(2)34(24)36-26(3)32-22-13-23-33(38-32)27(4)37-35-30(28-16-7-5-8-17-28)20-12-21-31(35)29-18-9-6-10-19-29/h5-23H,1-4H3/b36-26+,37-27+. The van der Waals surface area contributed by atoms with Crippen molar-refractivity contribution in [3.63, 3.8) is 0 Å². The summed E-state index contributed by atoms with van der Waals surface area (Å²) in [5.74, 6) is 0. The summed E-state index contributed by atoms with van der Waals surface area (Å²) in [6.45, 7) is 8.23. The molecular weight excluding hydrogens is 462 g/mol. The average molecular weight is 494 g/mol. The number of hydrogen-bond acceptors (Lipinski definition) is 3. The maximum atomic E-state index is 5.21. The highest BCUT2D eigenvalue weighted by Crippen LogP contribution is 2.39. The fraction of sp³-hybridized carbons (Fsp3) is 0.114. The van der Waals surface area contributed by atoms with Crippen LogP contribution in [0.5, 0.6) is 0 Å². The summed E-state index contributed by atoms with van der Waals surface area (Å²) in [7, 11) is 0. The normalized spacial score (nSPS) is 12.0. The molecule has 1 heterocycles. The second kappa shape index (κ2) is 11.2. The highest BCUT2D eigenvalue weighted by atomic mass is 14.8. The first-order valence-corrected chi connectivity index (χ1v) is 12.9. The number of aliphatic imine (C=N–C) groups is 2. The summed E-state index contributed by atoms with van der Waals surface area (Å²) in [4.78, 5) is 15.1. The second-order valence-electron chi connectivity index (χ2n) is 9.48. The lowest BCUT2D eigenvalue weighted by molar-refractivity contribution is 1.23. The molecule has 38 heavy (non-hydrogen) atoms. The van der Waals surface area contributed by atoms with Gasteiger partial charge < -0.3 is 0 Å². The number of pyridine rings is 1. The van der Waals surface area contributed by atoms with Gasteiger partial charge in [-0.1, -0.05) is 103 Å². The van der Waals surface area contributed by atoms with Crippen LogP contribution in [-0.2, 0) is 0 Å². The quantitative estimate of drug-likeness (QED) is 0.217. The number of aromatic nitrogens is 1. The van der Waals surface area contributed by atoms with Crippen molar-refractivity contribution < 1.29 is 0 Å². The molecule has 3 heteroatoms.